The number of aromatic nitrogens is 2. The minimum absolute atomic E-state index is 0.781. The Morgan fingerprint density at radius 1 is 1.18 bits per heavy atom. The molecule has 1 aromatic carbocycles. The molecule has 0 atom stereocenters. The number of aryl methyl sites for hydroxylation is 1. The lowest BCUT2D eigenvalue weighted by atomic mass is 9.98. The van der Waals surface area contributed by atoms with E-state index in [0.29, 0.717) is 0 Å². The first-order chi connectivity index (χ1) is 13.7. The Hall–Kier alpha value is -2.34. The van der Waals surface area contributed by atoms with Crippen LogP contribution in [0.15, 0.2) is 47.7 Å². The number of nitrogens with zero attached hydrogens (tertiary/aromatic N) is 4. The van der Waals surface area contributed by atoms with Gasteiger partial charge in [0.05, 0.1) is 0 Å². The van der Waals surface area contributed by atoms with E-state index in [2.05, 4.69) is 56.8 Å². The second-order valence-corrected chi connectivity index (χ2v) is 7.75. The van der Waals surface area contributed by atoms with E-state index in [0.717, 1.165) is 44.5 Å². The maximum absolute atomic E-state index is 4.32. The Labute approximate surface area is 169 Å². The van der Waals surface area contributed by atoms with E-state index < -0.39 is 0 Å². The number of guanidine groups is 1. The third-order valence-corrected chi connectivity index (χ3v) is 5.37. The molecular weight excluding hydrogens is 348 g/mol. The van der Waals surface area contributed by atoms with Gasteiger partial charge in [0.2, 0.25) is 0 Å². The zero-order chi connectivity index (χ0) is 19.6. The normalized spacial score (nSPS) is 16.3. The fraction of sp³-hybridized carbons (Fsp3) is 0.545. The van der Waals surface area contributed by atoms with Crippen LogP contribution in [0.1, 0.15) is 37.3 Å². The summed E-state index contributed by atoms with van der Waals surface area (Å²) in [7, 11) is 1.82. The largest absolute Gasteiger partial charge is 0.356 e. The molecule has 0 spiro atoms. The number of rotatable bonds is 8. The highest BCUT2D eigenvalue weighted by atomic mass is 15.3. The van der Waals surface area contributed by atoms with Crippen LogP contribution in [0.4, 0.5) is 0 Å². The van der Waals surface area contributed by atoms with Crippen molar-refractivity contribution in [3.8, 4) is 0 Å². The third-order valence-electron chi connectivity index (χ3n) is 5.37. The van der Waals surface area contributed by atoms with Crippen LogP contribution in [-0.2, 0) is 19.6 Å². The van der Waals surface area contributed by atoms with Crippen LogP contribution in [-0.4, -0.2) is 47.3 Å². The quantitative estimate of drug-likeness (QED) is 0.419. The molecule has 6 heteroatoms. The predicted octanol–water partition coefficient (Wildman–Crippen LogP) is 2.87. The third kappa shape index (κ3) is 6.68. The molecule has 0 unspecified atom stereocenters. The van der Waals surface area contributed by atoms with Crippen LogP contribution in [0.2, 0.25) is 0 Å². The lowest BCUT2D eigenvalue weighted by molar-refractivity contribution is 0.185. The Balaban J connectivity index is 1.40. The zero-order valence-corrected chi connectivity index (χ0v) is 17.3. The van der Waals surface area contributed by atoms with Gasteiger partial charge in [0.15, 0.2) is 5.96 Å². The summed E-state index contributed by atoms with van der Waals surface area (Å²) in [5.74, 6) is 1.72. The summed E-state index contributed by atoms with van der Waals surface area (Å²) >= 11 is 0. The van der Waals surface area contributed by atoms with E-state index >= 15 is 0 Å². The number of hydrogen-bond acceptors (Lipinski definition) is 3. The van der Waals surface area contributed by atoms with Crippen molar-refractivity contribution in [2.45, 2.75) is 45.8 Å². The number of aliphatic imine (C=N–C) groups is 1. The highest BCUT2D eigenvalue weighted by Gasteiger charge is 2.15. The van der Waals surface area contributed by atoms with E-state index in [1.54, 1.807) is 0 Å². The molecule has 0 aliphatic carbocycles. The Bertz CT molecular complexity index is 716. The van der Waals surface area contributed by atoms with Gasteiger partial charge in [0, 0.05) is 45.6 Å². The molecule has 0 amide bonds. The van der Waals surface area contributed by atoms with E-state index in [-0.39, 0.29) is 0 Å². The van der Waals surface area contributed by atoms with Crippen LogP contribution in [0.25, 0.3) is 0 Å². The Kier molecular flexibility index (Phi) is 7.91. The first-order valence-corrected chi connectivity index (χ1v) is 10.4. The van der Waals surface area contributed by atoms with Crippen LogP contribution < -0.4 is 10.6 Å². The number of benzene rings is 1. The van der Waals surface area contributed by atoms with Crippen molar-refractivity contribution >= 4 is 5.96 Å². The van der Waals surface area contributed by atoms with Crippen molar-refractivity contribution in [2.24, 2.45) is 10.9 Å². The summed E-state index contributed by atoms with van der Waals surface area (Å²) < 4.78 is 1.95. The van der Waals surface area contributed by atoms with Gasteiger partial charge in [-0.1, -0.05) is 31.2 Å². The predicted molar refractivity (Wildman–Crippen MR) is 115 cm³/mol. The number of nitrogens with one attached hydrogen (secondary N) is 2. The fourth-order valence-corrected chi connectivity index (χ4v) is 3.60. The van der Waals surface area contributed by atoms with Crippen LogP contribution in [0.5, 0.6) is 0 Å². The summed E-state index contributed by atoms with van der Waals surface area (Å²) in [6.45, 7) is 8.42. The average molecular weight is 383 g/mol. The summed E-state index contributed by atoms with van der Waals surface area (Å²) in [5, 5.41) is 11.0. The molecule has 6 nitrogen and oxygen atoms in total. The molecule has 1 saturated heterocycles. The minimum Gasteiger partial charge on any atom is -0.356 e. The fourth-order valence-electron chi connectivity index (χ4n) is 3.60. The zero-order valence-electron chi connectivity index (χ0n) is 17.3. The molecule has 1 fully saturated rings. The van der Waals surface area contributed by atoms with E-state index in [9.17, 15) is 0 Å². The summed E-state index contributed by atoms with van der Waals surface area (Å²) in [5.41, 5.74) is 2.69. The molecule has 2 N–H and O–H groups in total. The van der Waals surface area contributed by atoms with Crippen LogP contribution in [0, 0.1) is 5.92 Å². The Morgan fingerprint density at radius 2 is 2.00 bits per heavy atom. The van der Waals surface area contributed by atoms with E-state index in [4.69, 9.17) is 0 Å². The molecule has 0 bridgehead atoms. The van der Waals surface area contributed by atoms with Gasteiger partial charge in [-0.25, -0.2) is 0 Å². The van der Waals surface area contributed by atoms with Gasteiger partial charge in [-0.05, 0) is 55.5 Å². The maximum atomic E-state index is 4.32. The van der Waals surface area contributed by atoms with E-state index in [1.165, 1.54) is 37.1 Å². The summed E-state index contributed by atoms with van der Waals surface area (Å²) in [6, 6.07) is 10.9. The second-order valence-electron chi connectivity index (χ2n) is 7.75. The number of piperidine rings is 1. The van der Waals surface area contributed by atoms with Gasteiger partial charge in [-0.2, -0.15) is 5.10 Å². The van der Waals surface area contributed by atoms with Crippen molar-refractivity contribution < 1.29 is 0 Å². The van der Waals surface area contributed by atoms with Gasteiger partial charge in [-0.3, -0.25) is 14.6 Å². The summed E-state index contributed by atoms with van der Waals surface area (Å²) in [6.07, 6.45) is 7.46. The first kappa shape index (κ1) is 20.4. The van der Waals surface area contributed by atoms with E-state index in [1.807, 2.05) is 30.2 Å². The standard InChI is InChI=1S/C22H34N6/c1-19-8-14-27(15-9-19)18-21-7-3-6-20(16-21)17-25-22(23-2)24-10-4-12-28-13-5-11-26-28/h3,5-7,11,13,16,19H,4,8-10,12,14-15,17-18H2,1-2H3,(H2,23,24,25). The average Bonchev–Trinajstić information content (AvgIpc) is 3.23. The van der Waals surface area contributed by atoms with Crippen LogP contribution >= 0.6 is 0 Å². The van der Waals surface area contributed by atoms with Gasteiger partial charge in [0.25, 0.3) is 0 Å². The van der Waals surface area contributed by atoms with Crippen molar-refractivity contribution in [1.29, 1.82) is 0 Å². The van der Waals surface area contributed by atoms with Crippen molar-refractivity contribution in [3.63, 3.8) is 0 Å². The Morgan fingerprint density at radius 3 is 2.75 bits per heavy atom. The maximum Gasteiger partial charge on any atom is 0.191 e. The molecule has 152 valence electrons. The molecule has 1 aliphatic heterocycles. The lowest BCUT2D eigenvalue weighted by Gasteiger charge is -2.30. The summed E-state index contributed by atoms with van der Waals surface area (Å²) in [4.78, 5) is 6.90. The molecular formula is C22H34N6. The minimum atomic E-state index is 0.781. The topological polar surface area (TPSA) is 57.5 Å². The van der Waals surface area contributed by atoms with Crippen LogP contribution in [0.3, 0.4) is 0 Å². The molecule has 2 aromatic rings. The monoisotopic (exact) mass is 382 g/mol. The molecule has 2 heterocycles. The van der Waals surface area contributed by atoms with Crippen molar-refractivity contribution in [3.05, 3.63) is 53.9 Å². The molecule has 1 aromatic heterocycles. The molecule has 28 heavy (non-hydrogen) atoms. The van der Waals surface area contributed by atoms with Crippen molar-refractivity contribution in [2.75, 3.05) is 26.7 Å². The highest BCUT2D eigenvalue weighted by molar-refractivity contribution is 5.79. The molecule has 3 rings (SSSR count). The SMILES string of the molecule is CN=C(NCCCn1cccn1)NCc1cccc(CN2CCC(C)CC2)c1. The van der Waals surface area contributed by atoms with Gasteiger partial charge in [0.1, 0.15) is 0 Å². The van der Waals surface area contributed by atoms with Gasteiger partial charge in [-0.15, -0.1) is 0 Å². The van der Waals surface area contributed by atoms with Crippen molar-refractivity contribution in [1.82, 2.24) is 25.3 Å². The molecule has 1 aliphatic rings. The molecule has 0 radical (unpaired) electrons. The first-order valence-electron chi connectivity index (χ1n) is 10.4. The van der Waals surface area contributed by atoms with Gasteiger partial charge < -0.3 is 10.6 Å². The van der Waals surface area contributed by atoms with Gasteiger partial charge >= 0.3 is 0 Å². The second kappa shape index (κ2) is 10.9. The lowest BCUT2D eigenvalue weighted by Crippen LogP contribution is -2.37. The molecule has 0 saturated carbocycles. The smallest absolute Gasteiger partial charge is 0.191 e. The number of hydrogen-bond donors (Lipinski definition) is 2. The number of likely N-dealkylation sites (tertiary alicyclic amines) is 1. The highest BCUT2D eigenvalue weighted by Crippen LogP contribution is 2.18.